The van der Waals surface area contributed by atoms with Gasteiger partial charge in [0.15, 0.2) is 14.7 Å². The Morgan fingerprint density at radius 2 is 0.900 bits per heavy atom. The van der Waals surface area contributed by atoms with Crippen LogP contribution in [0.3, 0.4) is 0 Å². The molecular formula is C18H14S2. The molecule has 0 bridgehead atoms. The Labute approximate surface area is 128 Å². The molecule has 0 aliphatic carbocycles. The fraction of sp³-hybridized carbons (Fsp3) is 0. The SMILES string of the molecule is [S-]c1ccc([S+](c2ccccc2)c2ccccc2)cc1. The highest BCUT2D eigenvalue weighted by atomic mass is 32.2. The average molecular weight is 294 g/mol. The second-order valence-electron chi connectivity index (χ2n) is 4.40. The molecule has 0 saturated carbocycles. The third kappa shape index (κ3) is 2.87. The lowest BCUT2D eigenvalue weighted by Crippen LogP contribution is -2.04. The van der Waals surface area contributed by atoms with Crippen LogP contribution >= 0.6 is 0 Å². The highest BCUT2D eigenvalue weighted by molar-refractivity contribution is 7.97. The summed E-state index contributed by atoms with van der Waals surface area (Å²) in [5, 5.41) is 0. The molecule has 0 fully saturated rings. The molecule has 3 aromatic carbocycles. The Hall–Kier alpha value is -1.77. The van der Waals surface area contributed by atoms with Crippen molar-refractivity contribution < 1.29 is 0 Å². The van der Waals surface area contributed by atoms with Crippen LogP contribution in [0, 0.1) is 0 Å². The third-order valence-corrected chi connectivity index (χ3v) is 5.52. The first-order valence-electron chi connectivity index (χ1n) is 6.46. The molecule has 0 heterocycles. The minimum absolute atomic E-state index is 0.0692. The van der Waals surface area contributed by atoms with Gasteiger partial charge in [-0.15, -0.1) is 0 Å². The maximum absolute atomic E-state index is 5.19. The van der Waals surface area contributed by atoms with Crippen molar-refractivity contribution in [2.75, 3.05) is 0 Å². The van der Waals surface area contributed by atoms with E-state index in [1.54, 1.807) is 0 Å². The third-order valence-electron chi connectivity index (χ3n) is 3.02. The summed E-state index contributed by atoms with van der Waals surface area (Å²) in [6.07, 6.45) is 0. The Morgan fingerprint density at radius 3 is 1.35 bits per heavy atom. The van der Waals surface area contributed by atoms with E-state index in [4.69, 9.17) is 12.6 Å². The van der Waals surface area contributed by atoms with Gasteiger partial charge in [-0.1, -0.05) is 48.5 Å². The topological polar surface area (TPSA) is 0 Å². The van der Waals surface area contributed by atoms with E-state index in [9.17, 15) is 0 Å². The number of benzene rings is 3. The van der Waals surface area contributed by atoms with Crippen LogP contribution in [0.15, 0.2) is 105 Å². The monoisotopic (exact) mass is 294 g/mol. The number of hydrogen-bond donors (Lipinski definition) is 0. The zero-order chi connectivity index (χ0) is 13.8. The lowest BCUT2D eigenvalue weighted by molar-refractivity contribution is 1.29. The molecule has 0 saturated heterocycles. The van der Waals surface area contributed by atoms with Crippen LogP contribution in [-0.4, -0.2) is 0 Å². The van der Waals surface area contributed by atoms with Crippen molar-refractivity contribution >= 4 is 23.5 Å². The van der Waals surface area contributed by atoms with Gasteiger partial charge in [0.05, 0.1) is 10.9 Å². The summed E-state index contributed by atoms with van der Waals surface area (Å²) in [4.78, 5) is 4.85. The van der Waals surface area contributed by atoms with Gasteiger partial charge in [0.1, 0.15) is 0 Å². The largest absolute Gasteiger partial charge is 0.780 e. The van der Waals surface area contributed by atoms with E-state index in [1.165, 1.54) is 14.7 Å². The van der Waals surface area contributed by atoms with Gasteiger partial charge in [-0.2, -0.15) is 4.90 Å². The summed E-state index contributed by atoms with van der Waals surface area (Å²) in [6.45, 7) is 0. The summed E-state index contributed by atoms with van der Waals surface area (Å²) in [5.41, 5.74) is 0. The average Bonchev–Trinajstić information content (AvgIpc) is 2.52. The Bertz CT molecular complexity index is 621. The summed E-state index contributed by atoms with van der Waals surface area (Å²) in [6, 6.07) is 29.6. The smallest absolute Gasteiger partial charge is 0.166 e. The quantitative estimate of drug-likeness (QED) is 0.499. The Morgan fingerprint density at radius 1 is 0.500 bits per heavy atom. The summed E-state index contributed by atoms with van der Waals surface area (Å²) in [5.74, 6) is 0. The molecule has 0 aliphatic heterocycles. The van der Waals surface area contributed by atoms with Crippen LogP contribution in [-0.2, 0) is 23.5 Å². The lowest BCUT2D eigenvalue weighted by Gasteiger charge is -2.09. The predicted molar refractivity (Wildman–Crippen MR) is 87.1 cm³/mol. The van der Waals surface area contributed by atoms with E-state index in [0.29, 0.717) is 0 Å². The Kier molecular flexibility index (Phi) is 4.05. The van der Waals surface area contributed by atoms with Gasteiger partial charge in [0.2, 0.25) is 0 Å². The molecule has 0 amide bonds. The van der Waals surface area contributed by atoms with Crippen molar-refractivity contribution in [1.29, 1.82) is 0 Å². The van der Waals surface area contributed by atoms with Crippen LogP contribution in [0.4, 0.5) is 0 Å². The Balaban J connectivity index is 2.11. The van der Waals surface area contributed by atoms with Crippen LogP contribution in [0.5, 0.6) is 0 Å². The highest BCUT2D eigenvalue weighted by Gasteiger charge is 2.27. The fourth-order valence-electron chi connectivity index (χ4n) is 2.10. The van der Waals surface area contributed by atoms with Gasteiger partial charge in [-0.3, -0.25) is 0 Å². The molecular weight excluding hydrogens is 280 g/mol. The summed E-state index contributed by atoms with van der Waals surface area (Å²) >= 11 is 5.19. The molecule has 0 atom stereocenters. The molecule has 0 radical (unpaired) electrons. The predicted octanol–water partition coefficient (Wildman–Crippen LogP) is 4.69. The second-order valence-corrected chi connectivity index (χ2v) is 6.90. The van der Waals surface area contributed by atoms with E-state index in [1.807, 2.05) is 12.1 Å². The van der Waals surface area contributed by atoms with Crippen LogP contribution < -0.4 is 0 Å². The normalized spacial score (nSPS) is 10.7. The standard InChI is InChI=1S/C18H14S2/c19-15-11-13-18(14-12-15)20(16-7-3-1-4-8-16)17-9-5-2-6-10-17/h1-14H. The molecule has 0 aromatic heterocycles. The molecule has 98 valence electrons. The maximum Gasteiger partial charge on any atom is 0.166 e. The van der Waals surface area contributed by atoms with E-state index in [2.05, 4.69) is 72.8 Å². The first-order valence-corrected chi connectivity index (χ1v) is 8.09. The van der Waals surface area contributed by atoms with Crippen molar-refractivity contribution in [3.05, 3.63) is 84.9 Å². The molecule has 0 aliphatic rings. The van der Waals surface area contributed by atoms with E-state index < -0.39 is 0 Å². The minimum atomic E-state index is -0.0692. The zero-order valence-corrected chi connectivity index (χ0v) is 12.5. The van der Waals surface area contributed by atoms with Gasteiger partial charge in [-0.25, -0.2) is 0 Å². The fourth-order valence-corrected chi connectivity index (χ4v) is 4.32. The summed E-state index contributed by atoms with van der Waals surface area (Å²) < 4.78 is 0. The zero-order valence-electron chi connectivity index (χ0n) is 10.9. The van der Waals surface area contributed by atoms with Gasteiger partial charge >= 0.3 is 0 Å². The molecule has 20 heavy (non-hydrogen) atoms. The first-order chi connectivity index (χ1) is 9.84. The van der Waals surface area contributed by atoms with Gasteiger partial charge in [0.25, 0.3) is 0 Å². The van der Waals surface area contributed by atoms with Crippen molar-refractivity contribution in [3.8, 4) is 0 Å². The van der Waals surface area contributed by atoms with E-state index in [0.717, 1.165) is 4.90 Å². The van der Waals surface area contributed by atoms with Crippen LogP contribution in [0.25, 0.3) is 0 Å². The van der Waals surface area contributed by atoms with Gasteiger partial charge in [-0.05, 0) is 36.4 Å². The molecule has 0 unspecified atom stereocenters. The molecule has 0 N–H and O–H groups in total. The first kappa shape index (κ1) is 13.2. The second kappa shape index (κ2) is 6.12. The van der Waals surface area contributed by atoms with E-state index >= 15 is 0 Å². The van der Waals surface area contributed by atoms with Gasteiger partial charge in [0, 0.05) is 0 Å². The highest BCUT2D eigenvalue weighted by Crippen LogP contribution is 2.30. The van der Waals surface area contributed by atoms with Crippen molar-refractivity contribution in [2.45, 2.75) is 19.6 Å². The molecule has 3 rings (SSSR count). The van der Waals surface area contributed by atoms with Gasteiger partial charge < -0.3 is 12.6 Å². The maximum atomic E-state index is 5.19. The van der Waals surface area contributed by atoms with Crippen LogP contribution in [0.2, 0.25) is 0 Å². The molecule has 2 heteroatoms. The number of rotatable bonds is 3. The molecule has 0 nitrogen and oxygen atoms in total. The molecule has 3 aromatic rings. The minimum Gasteiger partial charge on any atom is -0.780 e. The van der Waals surface area contributed by atoms with Crippen molar-refractivity contribution in [3.63, 3.8) is 0 Å². The van der Waals surface area contributed by atoms with Crippen LogP contribution in [0.1, 0.15) is 0 Å². The molecule has 0 spiro atoms. The lowest BCUT2D eigenvalue weighted by atomic mass is 10.4. The van der Waals surface area contributed by atoms with E-state index in [-0.39, 0.29) is 10.9 Å². The van der Waals surface area contributed by atoms with Crippen molar-refractivity contribution in [1.82, 2.24) is 0 Å². The summed E-state index contributed by atoms with van der Waals surface area (Å²) in [7, 11) is -0.0692. The van der Waals surface area contributed by atoms with Crippen molar-refractivity contribution in [2.24, 2.45) is 0 Å². The number of hydrogen-bond acceptors (Lipinski definition) is 1.